The van der Waals surface area contributed by atoms with Crippen LogP contribution in [0.15, 0.2) is 12.3 Å². The molecular weight excluding hydrogens is 294 g/mol. The summed E-state index contributed by atoms with van der Waals surface area (Å²) in [7, 11) is 0. The minimum absolute atomic E-state index is 0.00219. The van der Waals surface area contributed by atoms with Gasteiger partial charge in [-0.15, -0.1) is 0 Å². The van der Waals surface area contributed by atoms with Crippen molar-refractivity contribution < 1.29 is 9.59 Å². The molecule has 1 aromatic heterocycles. The Morgan fingerprint density at radius 1 is 1.26 bits per heavy atom. The molecule has 124 valence electrons. The third kappa shape index (κ3) is 3.50. The van der Waals surface area contributed by atoms with Gasteiger partial charge in [0, 0.05) is 32.7 Å². The predicted molar refractivity (Wildman–Crippen MR) is 84.9 cm³/mol. The van der Waals surface area contributed by atoms with Crippen LogP contribution >= 0.6 is 0 Å². The third-order valence-corrected chi connectivity index (χ3v) is 4.68. The lowest BCUT2D eigenvalue weighted by Crippen LogP contribution is -2.55. The van der Waals surface area contributed by atoms with E-state index in [1.807, 2.05) is 4.90 Å². The third-order valence-electron chi connectivity index (χ3n) is 4.68. The van der Waals surface area contributed by atoms with Gasteiger partial charge in [0.25, 0.3) is 5.91 Å². The smallest absolute Gasteiger partial charge is 0.255 e. The van der Waals surface area contributed by atoms with Gasteiger partial charge in [0.1, 0.15) is 0 Å². The number of rotatable bonds is 2. The van der Waals surface area contributed by atoms with Crippen molar-refractivity contribution >= 4 is 11.8 Å². The van der Waals surface area contributed by atoms with Gasteiger partial charge in [0.05, 0.1) is 23.5 Å². The summed E-state index contributed by atoms with van der Waals surface area (Å²) in [6, 6.07) is 1.68. The molecule has 1 aromatic rings. The molecule has 2 fully saturated rings. The maximum Gasteiger partial charge on any atom is 0.255 e. The van der Waals surface area contributed by atoms with E-state index in [0.29, 0.717) is 24.3 Å². The molecule has 0 aromatic carbocycles. The topological polar surface area (TPSA) is 78.4 Å². The summed E-state index contributed by atoms with van der Waals surface area (Å²) in [5, 5.41) is 10.7. The zero-order valence-corrected chi connectivity index (χ0v) is 13.5. The molecule has 2 aliphatic heterocycles. The van der Waals surface area contributed by atoms with Crippen molar-refractivity contribution in [2.45, 2.75) is 32.2 Å². The molecule has 1 N–H and O–H groups in total. The van der Waals surface area contributed by atoms with Gasteiger partial charge in [-0.1, -0.05) is 0 Å². The van der Waals surface area contributed by atoms with E-state index in [1.54, 1.807) is 19.2 Å². The molecule has 2 saturated heterocycles. The van der Waals surface area contributed by atoms with E-state index in [2.05, 4.69) is 20.4 Å². The molecule has 0 bridgehead atoms. The van der Waals surface area contributed by atoms with Crippen LogP contribution < -0.4 is 5.32 Å². The number of nitrogens with zero attached hydrogens (tertiary/aromatic N) is 4. The molecule has 3 rings (SSSR count). The number of amides is 2. The second-order valence-corrected chi connectivity index (χ2v) is 6.16. The van der Waals surface area contributed by atoms with E-state index in [0.717, 1.165) is 38.9 Å². The van der Waals surface area contributed by atoms with Crippen molar-refractivity contribution in [2.75, 3.05) is 32.7 Å². The summed E-state index contributed by atoms with van der Waals surface area (Å²) in [6.45, 7) is 5.34. The number of carbonyl (C=O) groups is 2. The molecule has 0 saturated carbocycles. The van der Waals surface area contributed by atoms with Crippen LogP contribution in [0.25, 0.3) is 0 Å². The van der Waals surface area contributed by atoms with E-state index >= 15 is 0 Å². The highest BCUT2D eigenvalue weighted by Crippen LogP contribution is 2.16. The zero-order valence-electron chi connectivity index (χ0n) is 13.5. The van der Waals surface area contributed by atoms with E-state index in [-0.39, 0.29) is 17.9 Å². The number of aryl methyl sites for hydroxylation is 1. The Kier molecular flexibility index (Phi) is 4.85. The molecule has 0 radical (unpaired) electrons. The highest BCUT2D eigenvalue weighted by Gasteiger charge is 2.31. The van der Waals surface area contributed by atoms with Gasteiger partial charge in [0.15, 0.2) is 0 Å². The van der Waals surface area contributed by atoms with Gasteiger partial charge in [-0.2, -0.15) is 10.2 Å². The van der Waals surface area contributed by atoms with Crippen LogP contribution in [0.3, 0.4) is 0 Å². The molecule has 2 amide bonds. The van der Waals surface area contributed by atoms with Crippen molar-refractivity contribution in [3.8, 4) is 0 Å². The summed E-state index contributed by atoms with van der Waals surface area (Å²) in [5.41, 5.74) is 1.27. The highest BCUT2D eigenvalue weighted by molar-refractivity contribution is 5.95. The van der Waals surface area contributed by atoms with Crippen LogP contribution in [0.5, 0.6) is 0 Å². The van der Waals surface area contributed by atoms with E-state index in [9.17, 15) is 9.59 Å². The quantitative estimate of drug-likeness (QED) is 0.844. The van der Waals surface area contributed by atoms with Crippen LogP contribution in [0, 0.1) is 6.92 Å². The molecule has 2 aliphatic rings. The average molecular weight is 317 g/mol. The van der Waals surface area contributed by atoms with Gasteiger partial charge >= 0.3 is 0 Å². The summed E-state index contributed by atoms with van der Waals surface area (Å²) in [4.78, 5) is 28.8. The lowest BCUT2D eigenvalue weighted by molar-refractivity contribution is -0.126. The van der Waals surface area contributed by atoms with Crippen molar-refractivity contribution in [3.63, 3.8) is 0 Å². The second-order valence-electron chi connectivity index (χ2n) is 6.16. The Morgan fingerprint density at radius 3 is 2.78 bits per heavy atom. The lowest BCUT2D eigenvalue weighted by atomic mass is 10.1. The average Bonchev–Trinajstić information content (AvgIpc) is 2.79. The zero-order chi connectivity index (χ0) is 16.2. The fourth-order valence-corrected chi connectivity index (χ4v) is 3.31. The van der Waals surface area contributed by atoms with Crippen LogP contribution in [0.1, 0.15) is 35.3 Å². The Labute approximate surface area is 136 Å². The summed E-state index contributed by atoms with van der Waals surface area (Å²) < 4.78 is 0. The predicted octanol–water partition coefficient (Wildman–Crippen LogP) is 0.212. The van der Waals surface area contributed by atoms with E-state index < -0.39 is 0 Å². The lowest BCUT2D eigenvalue weighted by Gasteiger charge is -2.38. The normalized spacial score (nSPS) is 23.3. The monoisotopic (exact) mass is 317 g/mol. The number of piperazine rings is 1. The van der Waals surface area contributed by atoms with Crippen LogP contribution in [0.4, 0.5) is 0 Å². The summed E-state index contributed by atoms with van der Waals surface area (Å²) in [6.07, 6.45) is 4.58. The molecular formula is C16H23N5O2. The van der Waals surface area contributed by atoms with Crippen molar-refractivity contribution in [1.82, 2.24) is 25.3 Å². The molecule has 1 atom stereocenters. The van der Waals surface area contributed by atoms with Gasteiger partial charge in [-0.25, -0.2) is 0 Å². The SMILES string of the molecule is Cc1nnccc1C(=O)N1CCN(C2CCCCNC2=O)CC1. The first kappa shape index (κ1) is 15.9. The van der Waals surface area contributed by atoms with Gasteiger partial charge in [-0.3, -0.25) is 14.5 Å². The number of aromatic nitrogens is 2. The molecule has 23 heavy (non-hydrogen) atoms. The standard InChI is InChI=1S/C16H23N5O2/c1-12-13(5-7-18-19-12)16(23)21-10-8-20(9-11-21)14-4-2-3-6-17-15(14)22/h5,7,14H,2-4,6,8-11H2,1H3,(H,17,22). The highest BCUT2D eigenvalue weighted by atomic mass is 16.2. The summed E-state index contributed by atoms with van der Waals surface area (Å²) >= 11 is 0. The first-order chi connectivity index (χ1) is 11.2. The fourth-order valence-electron chi connectivity index (χ4n) is 3.31. The molecule has 1 unspecified atom stereocenters. The second kappa shape index (κ2) is 7.04. The van der Waals surface area contributed by atoms with Crippen molar-refractivity contribution in [2.24, 2.45) is 0 Å². The molecule has 7 nitrogen and oxygen atoms in total. The maximum absolute atomic E-state index is 12.6. The van der Waals surface area contributed by atoms with Gasteiger partial charge < -0.3 is 10.2 Å². The Morgan fingerprint density at radius 2 is 2.04 bits per heavy atom. The fraction of sp³-hybridized carbons (Fsp3) is 0.625. The first-order valence-electron chi connectivity index (χ1n) is 8.26. The van der Waals surface area contributed by atoms with Crippen molar-refractivity contribution in [3.05, 3.63) is 23.5 Å². The minimum atomic E-state index is -0.0425. The number of nitrogens with one attached hydrogen (secondary N) is 1. The Balaban J connectivity index is 1.61. The first-order valence-corrected chi connectivity index (χ1v) is 8.26. The number of carbonyl (C=O) groups excluding carboxylic acids is 2. The Bertz CT molecular complexity index is 584. The van der Waals surface area contributed by atoms with Crippen LogP contribution in [0.2, 0.25) is 0 Å². The Hall–Kier alpha value is -2.02. The molecule has 7 heteroatoms. The van der Waals surface area contributed by atoms with Crippen LogP contribution in [-0.2, 0) is 4.79 Å². The minimum Gasteiger partial charge on any atom is -0.355 e. The number of hydrogen-bond donors (Lipinski definition) is 1. The van der Waals surface area contributed by atoms with Crippen molar-refractivity contribution in [1.29, 1.82) is 0 Å². The molecule has 3 heterocycles. The molecule has 0 aliphatic carbocycles. The van der Waals surface area contributed by atoms with Gasteiger partial charge in [0.2, 0.25) is 5.91 Å². The van der Waals surface area contributed by atoms with E-state index in [1.165, 1.54) is 0 Å². The largest absolute Gasteiger partial charge is 0.355 e. The molecule has 0 spiro atoms. The van der Waals surface area contributed by atoms with E-state index in [4.69, 9.17) is 0 Å². The van der Waals surface area contributed by atoms with Gasteiger partial charge in [-0.05, 0) is 32.3 Å². The summed E-state index contributed by atoms with van der Waals surface area (Å²) in [5.74, 6) is 0.138. The number of hydrogen-bond acceptors (Lipinski definition) is 5. The maximum atomic E-state index is 12.6. The van der Waals surface area contributed by atoms with Crippen LogP contribution in [-0.4, -0.2) is 70.6 Å².